The van der Waals surface area contributed by atoms with Gasteiger partial charge in [-0.3, -0.25) is 4.79 Å². The predicted octanol–water partition coefficient (Wildman–Crippen LogP) is 3.65. The van der Waals surface area contributed by atoms with Crippen LogP contribution in [0.2, 0.25) is 0 Å². The van der Waals surface area contributed by atoms with Gasteiger partial charge in [0, 0.05) is 17.8 Å². The Bertz CT molecular complexity index is 1050. The van der Waals surface area contributed by atoms with Gasteiger partial charge in [0.05, 0.1) is 39.7 Å². The van der Waals surface area contributed by atoms with Crippen molar-refractivity contribution in [2.24, 2.45) is 5.73 Å². The summed E-state index contributed by atoms with van der Waals surface area (Å²) in [6.07, 6.45) is 0. The maximum absolute atomic E-state index is 12.0. The van der Waals surface area contributed by atoms with E-state index < -0.39 is 5.91 Å². The molecule has 0 saturated carbocycles. The van der Waals surface area contributed by atoms with Crippen molar-refractivity contribution in [3.8, 4) is 34.3 Å². The first-order chi connectivity index (χ1) is 14.4. The molecule has 0 atom stereocenters. The maximum Gasteiger partial charge on any atom is 0.250 e. The van der Waals surface area contributed by atoms with Crippen LogP contribution in [0.3, 0.4) is 0 Å². The number of aromatic nitrogens is 1. The second-order valence-electron chi connectivity index (χ2n) is 6.71. The van der Waals surface area contributed by atoms with E-state index in [0.29, 0.717) is 35.1 Å². The lowest BCUT2D eigenvalue weighted by atomic mass is 10.1. The van der Waals surface area contributed by atoms with Crippen LogP contribution in [0.5, 0.6) is 23.0 Å². The molecule has 1 aromatic heterocycles. The zero-order valence-electron chi connectivity index (χ0n) is 17.8. The quantitative estimate of drug-likeness (QED) is 0.613. The smallest absolute Gasteiger partial charge is 0.250 e. The van der Waals surface area contributed by atoms with Crippen molar-refractivity contribution in [3.05, 3.63) is 59.3 Å². The molecule has 0 unspecified atom stereocenters. The number of para-hydroxylation sites is 1. The van der Waals surface area contributed by atoms with Crippen molar-refractivity contribution < 1.29 is 23.7 Å². The number of rotatable bonds is 8. The molecule has 1 amide bonds. The second-order valence-corrected chi connectivity index (χ2v) is 6.71. The number of carbonyl (C=O) groups excluding carboxylic acids is 1. The fraction of sp³-hybridized carbons (Fsp3) is 0.261. The molecule has 0 aliphatic rings. The Morgan fingerprint density at radius 1 is 0.900 bits per heavy atom. The van der Waals surface area contributed by atoms with E-state index in [1.54, 1.807) is 34.5 Å². The summed E-state index contributed by atoms with van der Waals surface area (Å²) in [6.45, 7) is 2.33. The number of hydrogen-bond donors (Lipinski definition) is 1. The Labute approximate surface area is 175 Å². The van der Waals surface area contributed by atoms with Crippen LogP contribution in [0.1, 0.15) is 21.6 Å². The van der Waals surface area contributed by atoms with Crippen LogP contribution in [0, 0.1) is 6.92 Å². The number of hydrogen-bond acceptors (Lipinski definition) is 5. The third kappa shape index (κ3) is 3.78. The van der Waals surface area contributed by atoms with E-state index in [2.05, 4.69) is 0 Å². The average molecular weight is 410 g/mol. The largest absolute Gasteiger partial charge is 0.496 e. The van der Waals surface area contributed by atoms with E-state index in [-0.39, 0.29) is 0 Å². The van der Waals surface area contributed by atoms with Crippen LogP contribution in [0.15, 0.2) is 42.5 Å². The lowest BCUT2D eigenvalue weighted by Crippen LogP contribution is -2.13. The lowest BCUT2D eigenvalue weighted by molar-refractivity contribution is 0.0999. The van der Waals surface area contributed by atoms with Gasteiger partial charge in [-0.25, -0.2) is 0 Å². The van der Waals surface area contributed by atoms with Gasteiger partial charge in [-0.05, 0) is 42.8 Å². The molecule has 3 rings (SSSR count). The van der Waals surface area contributed by atoms with E-state index in [4.69, 9.17) is 24.7 Å². The van der Waals surface area contributed by atoms with Gasteiger partial charge >= 0.3 is 0 Å². The number of methoxy groups -OCH3 is 4. The van der Waals surface area contributed by atoms with Crippen molar-refractivity contribution in [3.63, 3.8) is 0 Å². The molecule has 0 aliphatic carbocycles. The lowest BCUT2D eigenvalue weighted by Gasteiger charge is -2.17. The highest BCUT2D eigenvalue weighted by Gasteiger charge is 2.20. The zero-order valence-corrected chi connectivity index (χ0v) is 17.8. The van der Waals surface area contributed by atoms with E-state index in [0.717, 1.165) is 22.5 Å². The first-order valence-corrected chi connectivity index (χ1v) is 9.37. The number of nitrogens with two attached hydrogens (primary N) is 1. The molecule has 0 fully saturated rings. The third-order valence-corrected chi connectivity index (χ3v) is 5.08. The Balaban J connectivity index is 2.18. The van der Waals surface area contributed by atoms with Crippen LogP contribution in [0.4, 0.5) is 0 Å². The number of amides is 1. The fourth-order valence-corrected chi connectivity index (χ4v) is 3.59. The summed E-state index contributed by atoms with van der Waals surface area (Å²) in [5.74, 6) is 1.87. The summed E-state index contributed by atoms with van der Waals surface area (Å²) in [5, 5.41) is 0. The first-order valence-electron chi connectivity index (χ1n) is 9.37. The number of primary amides is 1. The SMILES string of the molecule is COc1ccccc1-c1cc(C(N)=O)c(C)n1Cc1cc(OC)c(OC)c(OC)c1. The second kappa shape index (κ2) is 8.82. The first kappa shape index (κ1) is 21.1. The van der Waals surface area contributed by atoms with E-state index in [1.807, 2.05) is 47.9 Å². The minimum atomic E-state index is -0.479. The van der Waals surface area contributed by atoms with Crippen LogP contribution >= 0.6 is 0 Å². The number of nitrogens with zero attached hydrogens (tertiary/aromatic N) is 1. The number of carbonyl (C=O) groups is 1. The normalized spacial score (nSPS) is 10.6. The Kier molecular flexibility index (Phi) is 6.20. The highest BCUT2D eigenvalue weighted by Crippen LogP contribution is 2.39. The van der Waals surface area contributed by atoms with Gasteiger partial charge in [-0.15, -0.1) is 0 Å². The minimum Gasteiger partial charge on any atom is -0.496 e. The molecule has 7 nitrogen and oxygen atoms in total. The summed E-state index contributed by atoms with van der Waals surface area (Å²) in [7, 11) is 6.34. The summed E-state index contributed by atoms with van der Waals surface area (Å²) in [4.78, 5) is 12.0. The van der Waals surface area contributed by atoms with Crippen molar-refractivity contribution >= 4 is 5.91 Å². The molecule has 3 aromatic rings. The molecule has 0 bridgehead atoms. The number of benzene rings is 2. The average Bonchev–Trinajstić information content (AvgIpc) is 3.09. The van der Waals surface area contributed by atoms with Crippen LogP contribution in [-0.2, 0) is 6.54 Å². The molecule has 1 heterocycles. The third-order valence-electron chi connectivity index (χ3n) is 5.08. The van der Waals surface area contributed by atoms with Gasteiger partial charge in [-0.1, -0.05) is 12.1 Å². The zero-order chi connectivity index (χ0) is 21.8. The van der Waals surface area contributed by atoms with Crippen LogP contribution < -0.4 is 24.7 Å². The predicted molar refractivity (Wildman–Crippen MR) is 115 cm³/mol. The highest BCUT2D eigenvalue weighted by atomic mass is 16.5. The summed E-state index contributed by atoms with van der Waals surface area (Å²) in [5.41, 5.74) is 9.45. The molecule has 0 radical (unpaired) electrons. The summed E-state index contributed by atoms with van der Waals surface area (Å²) >= 11 is 0. The van der Waals surface area contributed by atoms with Gasteiger partial charge < -0.3 is 29.2 Å². The van der Waals surface area contributed by atoms with E-state index >= 15 is 0 Å². The van der Waals surface area contributed by atoms with Crippen LogP contribution in [-0.4, -0.2) is 38.9 Å². The van der Waals surface area contributed by atoms with Gasteiger partial charge in [0.25, 0.3) is 5.91 Å². The van der Waals surface area contributed by atoms with Crippen molar-refractivity contribution in [2.45, 2.75) is 13.5 Å². The minimum absolute atomic E-state index is 0.461. The van der Waals surface area contributed by atoms with E-state index in [1.165, 1.54) is 0 Å². The molecule has 2 aromatic carbocycles. The standard InChI is InChI=1S/C23H26N2O5/c1-14-17(23(24)26)12-18(16-8-6-7-9-19(16)27-2)25(14)13-15-10-20(28-3)22(30-5)21(11-15)29-4/h6-12H,13H2,1-5H3,(H2,24,26). The molecule has 2 N–H and O–H groups in total. The van der Waals surface area contributed by atoms with Gasteiger partial charge in [0.1, 0.15) is 5.75 Å². The van der Waals surface area contributed by atoms with Crippen molar-refractivity contribution in [1.82, 2.24) is 4.57 Å². The molecule has 0 spiro atoms. The molecule has 0 saturated heterocycles. The molecule has 30 heavy (non-hydrogen) atoms. The van der Waals surface area contributed by atoms with Gasteiger partial charge in [-0.2, -0.15) is 0 Å². The Morgan fingerprint density at radius 3 is 2.03 bits per heavy atom. The van der Waals surface area contributed by atoms with Crippen molar-refractivity contribution in [1.29, 1.82) is 0 Å². The van der Waals surface area contributed by atoms with Gasteiger partial charge in [0.15, 0.2) is 11.5 Å². The van der Waals surface area contributed by atoms with Crippen molar-refractivity contribution in [2.75, 3.05) is 28.4 Å². The fourth-order valence-electron chi connectivity index (χ4n) is 3.59. The Hall–Kier alpha value is -3.61. The van der Waals surface area contributed by atoms with Crippen LogP contribution in [0.25, 0.3) is 11.3 Å². The molecular weight excluding hydrogens is 384 g/mol. The van der Waals surface area contributed by atoms with Gasteiger partial charge in [0.2, 0.25) is 5.75 Å². The number of ether oxygens (including phenoxy) is 4. The molecule has 7 heteroatoms. The molecular formula is C23H26N2O5. The molecule has 158 valence electrons. The molecule has 0 aliphatic heterocycles. The Morgan fingerprint density at radius 2 is 1.50 bits per heavy atom. The highest BCUT2D eigenvalue weighted by molar-refractivity contribution is 5.96. The van der Waals surface area contributed by atoms with E-state index in [9.17, 15) is 4.79 Å². The summed E-state index contributed by atoms with van der Waals surface area (Å²) < 4.78 is 23.9. The topological polar surface area (TPSA) is 84.9 Å². The monoisotopic (exact) mass is 410 g/mol. The summed E-state index contributed by atoms with van der Waals surface area (Å²) in [6, 6.07) is 13.2. The maximum atomic E-state index is 12.0.